The molecule has 8 aromatic rings. The summed E-state index contributed by atoms with van der Waals surface area (Å²) in [7, 11) is 0. The molecule has 0 saturated carbocycles. The Balaban J connectivity index is 1.33. The fourth-order valence-electron chi connectivity index (χ4n) is 7.93. The SMILES string of the molecule is N#Cc1ccc2c(c1)C1(c3ccccc3-2)c2ccccc2-c2c1cc(-c1nc(-c3ccccc3)nc(-c3ccccc3)n1)c1sccc21. The molecule has 222 valence electrons. The molecule has 0 radical (unpaired) electrons. The lowest BCUT2D eigenvalue weighted by molar-refractivity contribution is 0.794. The van der Waals surface area contributed by atoms with Crippen molar-refractivity contribution in [3.8, 4) is 62.5 Å². The molecular formula is C43H24N4S. The zero-order chi connectivity index (χ0) is 31.8. The first-order valence-electron chi connectivity index (χ1n) is 15.9. The Bertz CT molecular complexity index is 2580. The van der Waals surface area contributed by atoms with Gasteiger partial charge in [0.25, 0.3) is 0 Å². The molecule has 0 N–H and O–H groups in total. The molecule has 4 nitrogen and oxygen atoms in total. The Hall–Kier alpha value is -6.22. The van der Waals surface area contributed by atoms with Crippen molar-refractivity contribution in [2.24, 2.45) is 0 Å². The number of hydrogen-bond acceptors (Lipinski definition) is 5. The van der Waals surface area contributed by atoms with Gasteiger partial charge < -0.3 is 0 Å². The monoisotopic (exact) mass is 628 g/mol. The van der Waals surface area contributed by atoms with Crippen molar-refractivity contribution in [2.45, 2.75) is 5.41 Å². The van der Waals surface area contributed by atoms with Crippen molar-refractivity contribution < 1.29 is 0 Å². The van der Waals surface area contributed by atoms with Gasteiger partial charge >= 0.3 is 0 Å². The first-order chi connectivity index (χ1) is 23.8. The van der Waals surface area contributed by atoms with Crippen LogP contribution in [-0.4, -0.2) is 15.0 Å². The van der Waals surface area contributed by atoms with E-state index in [-0.39, 0.29) is 0 Å². The first kappa shape index (κ1) is 26.9. The number of aromatic nitrogens is 3. The van der Waals surface area contributed by atoms with Gasteiger partial charge in [-0.1, -0.05) is 115 Å². The molecule has 0 aliphatic heterocycles. The normalized spacial score (nSPS) is 15.1. The predicted octanol–water partition coefficient (Wildman–Crippen LogP) is 10.3. The summed E-state index contributed by atoms with van der Waals surface area (Å²) in [4.78, 5) is 15.3. The van der Waals surface area contributed by atoms with Crippen LogP contribution in [-0.2, 0) is 5.41 Å². The Labute approximate surface area is 281 Å². The zero-order valence-corrected chi connectivity index (χ0v) is 26.4. The summed E-state index contributed by atoms with van der Waals surface area (Å²) in [6, 6.07) is 50.9. The molecule has 6 aromatic carbocycles. The molecule has 2 aromatic heterocycles. The largest absolute Gasteiger partial charge is 0.208 e. The second kappa shape index (κ2) is 10.1. The number of thiophene rings is 1. The molecule has 5 heteroatoms. The van der Waals surface area contributed by atoms with E-state index >= 15 is 0 Å². The van der Waals surface area contributed by atoms with Crippen molar-refractivity contribution in [3.63, 3.8) is 0 Å². The van der Waals surface area contributed by atoms with Gasteiger partial charge in [0.2, 0.25) is 0 Å². The Morgan fingerprint density at radius 3 is 1.77 bits per heavy atom. The van der Waals surface area contributed by atoms with E-state index in [1.165, 1.54) is 38.8 Å². The molecule has 0 saturated heterocycles. The molecule has 0 fully saturated rings. The third-order valence-corrected chi connectivity index (χ3v) is 10.8. The minimum absolute atomic E-state index is 0.604. The summed E-state index contributed by atoms with van der Waals surface area (Å²) in [5.74, 6) is 1.91. The van der Waals surface area contributed by atoms with Gasteiger partial charge in [-0.15, -0.1) is 11.3 Å². The van der Waals surface area contributed by atoms with Gasteiger partial charge in [0.1, 0.15) is 0 Å². The van der Waals surface area contributed by atoms with Gasteiger partial charge in [-0.2, -0.15) is 5.26 Å². The fraction of sp³-hybridized carbons (Fsp3) is 0.0233. The van der Waals surface area contributed by atoms with Gasteiger partial charge in [-0.25, -0.2) is 15.0 Å². The van der Waals surface area contributed by atoms with Crippen molar-refractivity contribution in [3.05, 3.63) is 173 Å². The summed E-state index contributed by atoms with van der Waals surface area (Å²) >= 11 is 1.72. The summed E-state index contributed by atoms with van der Waals surface area (Å²) in [5.41, 5.74) is 12.5. The van der Waals surface area contributed by atoms with E-state index in [0.29, 0.717) is 23.0 Å². The predicted molar refractivity (Wildman–Crippen MR) is 193 cm³/mol. The highest BCUT2D eigenvalue weighted by atomic mass is 32.1. The molecule has 1 unspecified atom stereocenters. The number of rotatable bonds is 3. The Kier molecular flexibility index (Phi) is 5.69. The topological polar surface area (TPSA) is 62.5 Å². The molecule has 0 amide bonds. The number of hydrogen-bond donors (Lipinski definition) is 0. The first-order valence-corrected chi connectivity index (χ1v) is 16.8. The summed E-state index contributed by atoms with van der Waals surface area (Å²) < 4.78 is 1.14. The fourth-order valence-corrected chi connectivity index (χ4v) is 8.84. The zero-order valence-electron chi connectivity index (χ0n) is 25.6. The molecule has 2 aliphatic rings. The van der Waals surface area contributed by atoms with E-state index in [9.17, 15) is 5.26 Å². The molecule has 1 spiro atoms. The molecule has 2 aliphatic carbocycles. The molecule has 10 rings (SSSR count). The highest BCUT2D eigenvalue weighted by Crippen LogP contribution is 2.64. The number of nitrogens with zero attached hydrogens (tertiary/aromatic N) is 4. The van der Waals surface area contributed by atoms with E-state index < -0.39 is 5.41 Å². The second-order valence-electron chi connectivity index (χ2n) is 12.3. The van der Waals surface area contributed by atoms with E-state index in [1.807, 2.05) is 66.7 Å². The average Bonchev–Trinajstić information content (AvgIpc) is 3.84. The van der Waals surface area contributed by atoms with E-state index in [0.717, 1.165) is 32.5 Å². The van der Waals surface area contributed by atoms with Gasteiger partial charge in [0, 0.05) is 26.8 Å². The maximum atomic E-state index is 10.1. The summed E-state index contributed by atoms with van der Waals surface area (Å²) in [5, 5.41) is 13.4. The molecule has 0 bridgehead atoms. The van der Waals surface area contributed by atoms with Crippen molar-refractivity contribution in [1.29, 1.82) is 5.26 Å². The van der Waals surface area contributed by atoms with Crippen molar-refractivity contribution in [2.75, 3.05) is 0 Å². The minimum Gasteiger partial charge on any atom is -0.208 e. The van der Waals surface area contributed by atoms with Gasteiger partial charge in [0.15, 0.2) is 17.5 Å². The van der Waals surface area contributed by atoms with E-state index in [1.54, 1.807) is 11.3 Å². The third kappa shape index (κ3) is 3.61. The van der Waals surface area contributed by atoms with Crippen LogP contribution in [0.5, 0.6) is 0 Å². The molecule has 48 heavy (non-hydrogen) atoms. The van der Waals surface area contributed by atoms with Crippen molar-refractivity contribution in [1.82, 2.24) is 15.0 Å². The molecular weight excluding hydrogens is 605 g/mol. The minimum atomic E-state index is -0.604. The van der Waals surface area contributed by atoms with E-state index in [2.05, 4.69) is 84.2 Å². The van der Waals surface area contributed by atoms with Crippen LogP contribution < -0.4 is 0 Å². The van der Waals surface area contributed by atoms with Crippen LogP contribution in [0.1, 0.15) is 27.8 Å². The highest BCUT2D eigenvalue weighted by molar-refractivity contribution is 7.17. The van der Waals surface area contributed by atoms with Crippen LogP contribution in [0, 0.1) is 11.3 Å². The van der Waals surface area contributed by atoms with Crippen LogP contribution in [0.15, 0.2) is 145 Å². The average molecular weight is 629 g/mol. The van der Waals surface area contributed by atoms with Crippen LogP contribution in [0.4, 0.5) is 0 Å². The summed E-state index contributed by atoms with van der Waals surface area (Å²) in [6.45, 7) is 0. The van der Waals surface area contributed by atoms with Crippen LogP contribution in [0.3, 0.4) is 0 Å². The Morgan fingerprint density at radius 1 is 0.500 bits per heavy atom. The quantitative estimate of drug-likeness (QED) is 0.195. The highest BCUT2D eigenvalue weighted by Gasteiger charge is 2.52. The standard InChI is InChI=1S/C43H24N4S/c44-25-26-19-20-30-29-15-7-9-17-34(29)43(36(30)23-26)35-18-10-8-16-31(35)38-32-21-22-48-39(32)33(24-37(38)43)42-46-40(27-11-3-1-4-12-27)45-41(47-42)28-13-5-2-6-14-28/h1-24H. The molecule has 1 atom stereocenters. The number of benzene rings is 6. The maximum absolute atomic E-state index is 10.1. The lowest BCUT2D eigenvalue weighted by Crippen LogP contribution is -2.26. The molecule has 2 heterocycles. The second-order valence-corrected chi connectivity index (χ2v) is 13.2. The van der Waals surface area contributed by atoms with E-state index in [4.69, 9.17) is 15.0 Å². The van der Waals surface area contributed by atoms with Gasteiger partial charge in [-0.05, 0) is 74.2 Å². The third-order valence-electron chi connectivity index (χ3n) is 9.86. The van der Waals surface area contributed by atoms with Crippen LogP contribution >= 0.6 is 11.3 Å². The number of fused-ring (bicyclic) bond motifs is 12. The van der Waals surface area contributed by atoms with Crippen molar-refractivity contribution >= 4 is 21.4 Å². The van der Waals surface area contributed by atoms with Crippen LogP contribution in [0.25, 0.3) is 66.5 Å². The smallest absolute Gasteiger partial charge is 0.165 e. The summed E-state index contributed by atoms with van der Waals surface area (Å²) in [6.07, 6.45) is 0. The Morgan fingerprint density at radius 2 is 1.08 bits per heavy atom. The lowest BCUT2D eigenvalue weighted by atomic mass is 9.70. The lowest BCUT2D eigenvalue weighted by Gasteiger charge is -2.31. The number of nitriles is 1. The maximum Gasteiger partial charge on any atom is 0.165 e. The van der Waals surface area contributed by atoms with Gasteiger partial charge in [-0.3, -0.25) is 0 Å². The van der Waals surface area contributed by atoms with Crippen LogP contribution in [0.2, 0.25) is 0 Å². The van der Waals surface area contributed by atoms with Gasteiger partial charge in [0.05, 0.1) is 17.0 Å².